The molecule has 10 nitrogen and oxygen atoms in total. The monoisotopic (exact) mass is 396 g/mol. The normalized spacial score (nSPS) is 11.5. The number of nitro benzene ring substituents is 1. The van der Waals surface area contributed by atoms with E-state index >= 15 is 0 Å². The summed E-state index contributed by atoms with van der Waals surface area (Å²) in [6, 6.07) is 11.9. The van der Waals surface area contributed by atoms with Gasteiger partial charge in [0.05, 0.1) is 10.5 Å². The highest BCUT2D eigenvalue weighted by molar-refractivity contribution is 5.93. The zero-order valence-electron chi connectivity index (χ0n) is 15.5. The number of anilines is 1. The Balaban J connectivity index is 1.70. The third kappa shape index (κ3) is 4.80. The molecule has 3 rings (SSSR count). The smallest absolute Gasteiger partial charge is 0.338 e. The highest BCUT2D eigenvalue weighted by atomic mass is 16.6. The summed E-state index contributed by atoms with van der Waals surface area (Å²) in [7, 11) is 0. The Hall–Kier alpha value is -4.08. The molecule has 0 aliphatic rings. The number of benzene rings is 2. The van der Waals surface area contributed by atoms with Crippen molar-refractivity contribution in [3.63, 3.8) is 0 Å². The maximum absolute atomic E-state index is 12.4. The number of nitrogens with one attached hydrogen (secondary N) is 1. The standard InChI is InChI=1S/C19H16N4O6/c1-11(28-19(25)14-4-3-5-15(10-14)20-12(2)24)17-21-22-18(29-17)13-6-8-16(9-7-13)23(26)27/h3-11H,1-2H3,(H,20,24)/t11-/m1/s1. The number of carbonyl (C=O) groups is 2. The van der Waals surface area contributed by atoms with Crippen molar-refractivity contribution in [3.8, 4) is 11.5 Å². The van der Waals surface area contributed by atoms with Crippen molar-refractivity contribution in [2.75, 3.05) is 5.32 Å². The molecule has 0 radical (unpaired) electrons. The first kappa shape index (κ1) is 19.7. The van der Waals surface area contributed by atoms with E-state index in [4.69, 9.17) is 9.15 Å². The Morgan fingerprint density at radius 1 is 1.17 bits per heavy atom. The van der Waals surface area contributed by atoms with E-state index < -0.39 is 17.0 Å². The molecular weight excluding hydrogens is 380 g/mol. The first-order valence-corrected chi connectivity index (χ1v) is 8.50. The number of amides is 1. The lowest BCUT2D eigenvalue weighted by Gasteiger charge is -2.10. The van der Waals surface area contributed by atoms with Gasteiger partial charge in [-0.15, -0.1) is 10.2 Å². The summed E-state index contributed by atoms with van der Waals surface area (Å²) in [4.78, 5) is 33.7. The van der Waals surface area contributed by atoms with Crippen LogP contribution in [-0.2, 0) is 9.53 Å². The average Bonchev–Trinajstić information content (AvgIpc) is 3.18. The number of non-ortho nitro benzene ring substituents is 1. The van der Waals surface area contributed by atoms with Gasteiger partial charge in [-0.2, -0.15) is 0 Å². The van der Waals surface area contributed by atoms with Gasteiger partial charge in [0.15, 0.2) is 6.10 Å². The van der Waals surface area contributed by atoms with Crippen LogP contribution in [-0.4, -0.2) is 27.0 Å². The predicted molar refractivity (Wildman–Crippen MR) is 101 cm³/mol. The van der Waals surface area contributed by atoms with E-state index in [2.05, 4.69) is 15.5 Å². The molecule has 10 heteroatoms. The number of ether oxygens (including phenoxy) is 1. The van der Waals surface area contributed by atoms with Crippen LogP contribution in [0.2, 0.25) is 0 Å². The van der Waals surface area contributed by atoms with Crippen LogP contribution in [0.25, 0.3) is 11.5 Å². The molecule has 0 spiro atoms. The van der Waals surface area contributed by atoms with E-state index in [1.165, 1.54) is 37.3 Å². The topological polar surface area (TPSA) is 137 Å². The van der Waals surface area contributed by atoms with Gasteiger partial charge in [0, 0.05) is 30.3 Å². The maximum Gasteiger partial charge on any atom is 0.338 e. The van der Waals surface area contributed by atoms with Crippen molar-refractivity contribution in [2.45, 2.75) is 20.0 Å². The van der Waals surface area contributed by atoms with E-state index in [1.54, 1.807) is 25.1 Å². The molecule has 1 aromatic heterocycles. The van der Waals surface area contributed by atoms with Crippen molar-refractivity contribution in [1.29, 1.82) is 0 Å². The highest BCUT2D eigenvalue weighted by Gasteiger charge is 2.20. The van der Waals surface area contributed by atoms with Gasteiger partial charge in [-0.05, 0) is 37.3 Å². The zero-order valence-corrected chi connectivity index (χ0v) is 15.5. The summed E-state index contributed by atoms with van der Waals surface area (Å²) in [6.07, 6.45) is -0.828. The quantitative estimate of drug-likeness (QED) is 0.379. The second-order valence-corrected chi connectivity index (χ2v) is 6.06. The Labute approximate surface area is 164 Å². The second-order valence-electron chi connectivity index (χ2n) is 6.06. The molecular formula is C19H16N4O6. The predicted octanol–water partition coefficient (Wildman–Crippen LogP) is 3.52. The van der Waals surface area contributed by atoms with E-state index in [9.17, 15) is 19.7 Å². The summed E-state index contributed by atoms with van der Waals surface area (Å²) in [5.74, 6) is -0.663. The van der Waals surface area contributed by atoms with Crippen LogP contribution >= 0.6 is 0 Å². The first-order valence-electron chi connectivity index (χ1n) is 8.50. The minimum absolute atomic E-state index is 0.0581. The fraction of sp³-hybridized carbons (Fsp3) is 0.158. The van der Waals surface area contributed by atoms with E-state index in [0.717, 1.165) is 0 Å². The summed E-state index contributed by atoms with van der Waals surface area (Å²) < 4.78 is 10.9. The van der Waals surface area contributed by atoms with Crippen LogP contribution in [0.3, 0.4) is 0 Å². The molecule has 0 unspecified atom stereocenters. The molecule has 0 bridgehead atoms. The van der Waals surface area contributed by atoms with Crippen LogP contribution < -0.4 is 5.32 Å². The lowest BCUT2D eigenvalue weighted by molar-refractivity contribution is -0.384. The highest BCUT2D eigenvalue weighted by Crippen LogP contribution is 2.25. The molecule has 0 aliphatic heterocycles. The van der Waals surface area contributed by atoms with E-state index in [-0.39, 0.29) is 28.9 Å². The number of aromatic nitrogens is 2. The average molecular weight is 396 g/mol. The number of carbonyl (C=O) groups excluding carboxylic acids is 2. The largest absolute Gasteiger partial charge is 0.449 e. The van der Waals surface area contributed by atoms with Crippen LogP contribution in [0.15, 0.2) is 52.9 Å². The van der Waals surface area contributed by atoms with Gasteiger partial charge in [0.25, 0.3) is 11.6 Å². The fourth-order valence-electron chi connectivity index (χ4n) is 2.45. The second kappa shape index (κ2) is 8.30. The fourth-order valence-corrected chi connectivity index (χ4v) is 2.45. The third-order valence-corrected chi connectivity index (χ3v) is 3.82. The zero-order chi connectivity index (χ0) is 21.0. The summed E-state index contributed by atoms with van der Waals surface area (Å²) in [5.41, 5.74) is 1.16. The molecule has 0 fully saturated rings. The first-order chi connectivity index (χ1) is 13.8. The molecule has 148 valence electrons. The number of hydrogen-bond acceptors (Lipinski definition) is 8. The molecule has 1 N–H and O–H groups in total. The Morgan fingerprint density at radius 2 is 1.90 bits per heavy atom. The van der Waals surface area contributed by atoms with Gasteiger partial charge < -0.3 is 14.5 Å². The van der Waals surface area contributed by atoms with Gasteiger partial charge in [0.2, 0.25) is 11.8 Å². The third-order valence-electron chi connectivity index (χ3n) is 3.82. The minimum Gasteiger partial charge on any atom is -0.449 e. The summed E-state index contributed by atoms with van der Waals surface area (Å²) >= 11 is 0. The molecule has 2 aromatic carbocycles. The molecule has 1 atom stereocenters. The number of esters is 1. The molecule has 1 heterocycles. The van der Waals surface area contributed by atoms with E-state index in [1.807, 2.05) is 0 Å². The molecule has 0 saturated carbocycles. The lowest BCUT2D eigenvalue weighted by atomic mass is 10.2. The van der Waals surface area contributed by atoms with E-state index in [0.29, 0.717) is 11.3 Å². The SMILES string of the molecule is CC(=O)Nc1cccc(C(=O)O[C@H](C)c2nnc(-c3ccc([N+](=O)[O-])cc3)o2)c1. The molecule has 3 aromatic rings. The maximum atomic E-state index is 12.4. The number of nitro groups is 1. The van der Waals surface area contributed by atoms with Crippen molar-refractivity contribution in [2.24, 2.45) is 0 Å². The van der Waals surface area contributed by atoms with Crippen LogP contribution in [0.5, 0.6) is 0 Å². The van der Waals surface area contributed by atoms with Crippen molar-refractivity contribution >= 4 is 23.3 Å². The summed E-state index contributed by atoms with van der Waals surface area (Å²) in [5, 5.41) is 21.1. The number of rotatable bonds is 6. The molecule has 29 heavy (non-hydrogen) atoms. The van der Waals surface area contributed by atoms with Crippen molar-refractivity contribution in [1.82, 2.24) is 10.2 Å². The number of nitrogens with zero attached hydrogens (tertiary/aromatic N) is 3. The summed E-state index contributed by atoms with van der Waals surface area (Å²) in [6.45, 7) is 2.94. The van der Waals surface area contributed by atoms with Crippen molar-refractivity contribution < 1.29 is 23.7 Å². The minimum atomic E-state index is -0.828. The lowest BCUT2D eigenvalue weighted by Crippen LogP contribution is -2.11. The van der Waals surface area contributed by atoms with Crippen LogP contribution in [0, 0.1) is 10.1 Å². The van der Waals surface area contributed by atoms with Crippen molar-refractivity contribution in [3.05, 3.63) is 70.1 Å². The van der Waals surface area contributed by atoms with Gasteiger partial charge in [-0.25, -0.2) is 4.79 Å². The Morgan fingerprint density at radius 3 is 2.55 bits per heavy atom. The van der Waals surface area contributed by atoms with Gasteiger partial charge in [-0.3, -0.25) is 14.9 Å². The Kier molecular flexibility index (Phi) is 5.63. The van der Waals surface area contributed by atoms with Gasteiger partial charge in [-0.1, -0.05) is 6.07 Å². The van der Waals surface area contributed by atoms with Gasteiger partial charge in [0.1, 0.15) is 0 Å². The Bertz CT molecular complexity index is 1060. The van der Waals surface area contributed by atoms with Crippen LogP contribution in [0.1, 0.15) is 36.2 Å². The molecule has 0 saturated heterocycles. The number of hydrogen-bond donors (Lipinski definition) is 1. The van der Waals surface area contributed by atoms with Gasteiger partial charge >= 0.3 is 5.97 Å². The molecule has 1 amide bonds. The van der Waals surface area contributed by atoms with Crippen LogP contribution in [0.4, 0.5) is 11.4 Å². The molecule has 0 aliphatic carbocycles.